The molecule has 0 aromatic heterocycles. The number of carbonyl (C=O) groups is 3. The quantitative estimate of drug-likeness (QED) is 0.519. The van der Waals surface area contributed by atoms with Crippen molar-refractivity contribution in [3.8, 4) is 0 Å². The lowest BCUT2D eigenvalue weighted by atomic mass is 10.0. The normalized spacial score (nSPS) is 18.3. The Morgan fingerprint density at radius 3 is 2.31 bits per heavy atom. The fourth-order valence-electron chi connectivity index (χ4n) is 4.86. The minimum Gasteiger partial charge on any atom is -0.444 e. The minimum atomic E-state index is -1.15. The summed E-state index contributed by atoms with van der Waals surface area (Å²) in [6, 6.07) is 11.7. The highest BCUT2D eigenvalue weighted by atomic mass is 19.1. The molecule has 2 N–H and O–H groups in total. The van der Waals surface area contributed by atoms with Crippen molar-refractivity contribution in [2.45, 2.75) is 77.6 Å². The topological polar surface area (TPSA) is 91.0 Å². The molecule has 2 aliphatic rings. The van der Waals surface area contributed by atoms with Gasteiger partial charge in [-0.1, -0.05) is 30.3 Å². The van der Waals surface area contributed by atoms with Gasteiger partial charge in [0.2, 0.25) is 5.91 Å². The van der Waals surface area contributed by atoms with E-state index in [1.54, 1.807) is 43.9 Å². The average Bonchev–Trinajstić information content (AvgIpc) is 3.67. The number of nitrogens with one attached hydrogen (secondary N) is 2. The predicted octanol–water partition coefficient (Wildman–Crippen LogP) is 4.42. The number of para-hydroxylation sites is 2. The van der Waals surface area contributed by atoms with Gasteiger partial charge in [0.15, 0.2) is 0 Å². The van der Waals surface area contributed by atoms with Crippen LogP contribution in [0.15, 0.2) is 48.5 Å². The molecule has 1 fully saturated rings. The van der Waals surface area contributed by atoms with Crippen LogP contribution in [-0.4, -0.2) is 54.7 Å². The Labute approximate surface area is 229 Å². The van der Waals surface area contributed by atoms with Crippen LogP contribution in [0.25, 0.3) is 0 Å². The first-order chi connectivity index (χ1) is 18.4. The number of rotatable bonds is 8. The summed E-state index contributed by atoms with van der Waals surface area (Å²) in [5, 5.41) is 5.49. The van der Waals surface area contributed by atoms with Gasteiger partial charge in [-0.05, 0) is 77.1 Å². The summed E-state index contributed by atoms with van der Waals surface area (Å²) in [5.41, 5.74) is 1.25. The molecule has 1 heterocycles. The molecule has 1 saturated carbocycles. The molecule has 210 valence electrons. The average molecular weight is 539 g/mol. The van der Waals surface area contributed by atoms with Gasteiger partial charge in [0, 0.05) is 25.6 Å². The maximum absolute atomic E-state index is 14.5. The molecule has 2 aromatic rings. The molecular weight excluding hydrogens is 499 g/mol. The first-order valence-electron chi connectivity index (χ1n) is 13.6. The molecular formula is C30H39FN4O4. The SMILES string of the molecule is CC(C)N1C(=O)[C@H](NC(=O)[C@@H](Cc2ccccc2F)NC(=O)OC(C)(C)C)CN(CC2CC2)c2ccccc21. The Hall–Kier alpha value is -3.62. The van der Waals surface area contributed by atoms with Crippen LogP contribution in [0.1, 0.15) is 53.0 Å². The second-order valence-corrected chi connectivity index (χ2v) is 11.7. The van der Waals surface area contributed by atoms with Crippen LogP contribution >= 0.6 is 0 Å². The van der Waals surface area contributed by atoms with E-state index in [4.69, 9.17) is 4.74 Å². The second-order valence-electron chi connectivity index (χ2n) is 11.7. The van der Waals surface area contributed by atoms with Gasteiger partial charge in [-0.3, -0.25) is 9.59 Å². The van der Waals surface area contributed by atoms with Gasteiger partial charge in [-0.15, -0.1) is 0 Å². The predicted molar refractivity (Wildman–Crippen MR) is 149 cm³/mol. The molecule has 2 aromatic carbocycles. The second kappa shape index (κ2) is 11.6. The zero-order valence-corrected chi connectivity index (χ0v) is 23.4. The molecule has 0 bridgehead atoms. The first kappa shape index (κ1) is 28.4. The third kappa shape index (κ3) is 7.28. The Kier molecular flexibility index (Phi) is 8.47. The maximum Gasteiger partial charge on any atom is 0.408 e. The Morgan fingerprint density at radius 2 is 1.69 bits per heavy atom. The molecule has 4 rings (SSSR count). The van der Waals surface area contributed by atoms with E-state index >= 15 is 0 Å². The molecule has 0 saturated heterocycles. The van der Waals surface area contributed by atoms with Crippen LogP contribution in [0.3, 0.4) is 0 Å². The Balaban J connectivity index is 1.61. The van der Waals surface area contributed by atoms with Gasteiger partial charge < -0.3 is 25.2 Å². The van der Waals surface area contributed by atoms with E-state index in [0.29, 0.717) is 12.5 Å². The number of benzene rings is 2. The van der Waals surface area contributed by atoms with E-state index in [9.17, 15) is 18.8 Å². The van der Waals surface area contributed by atoms with Crippen molar-refractivity contribution in [1.82, 2.24) is 10.6 Å². The molecule has 0 spiro atoms. The molecule has 1 aliphatic heterocycles. The van der Waals surface area contributed by atoms with Crippen LogP contribution in [0.4, 0.5) is 20.6 Å². The number of fused-ring (bicyclic) bond motifs is 1. The fourth-order valence-corrected chi connectivity index (χ4v) is 4.86. The monoisotopic (exact) mass is 538 g/mol. The highest BCUT2D eigenvalue weighted by molar-refractivity contribution is 6.04. The lowest BCUT2D eigenvalue weighted by Crippen LogP contribution is -2.58. The summed E-state index contributed by atoms with van der Waals surface area (Å²) in [5.74, 6) is -0.740. The molecule has 39 heavy (non-hydrogen) atoms. The largest absolute Gasteiger partial charge is 0.444 e. The molecule has 2 atom stereocenters. The summed E-state index contributed by atoms with van der Waals surface area (Å²) in [4.78, 5) is 44.1. The Bertz CT molecular complexity index is 1210. The number of hydrogen-bond donors (Lipinski definition) is 2. The van der Waals surface area contributed by atoms with E-state index in [0.717, 1.165) is 30.8 Å². The first-order valence-corrected chi connectivity index (χ1v) is 13.6. The number of halogens is 1. The van der Waals surface area contributed by atoms with Crippen molar-refractivity contribution in [2.24, 2.45) is 5.92 Å². The third-order valence-corrected chi connectivity index (χ3v) is 6.82. The molecule has 9 heteroatoms. The van der Waals surface area contributed by atoms with Crippen molar-refractivity contribution in [3.63, 3.8) is 0 Å². The van der Waals surface area contributed by atoms with Gasteiger partial charge in [0.25, 0.3) is 5.91 Å². The smallest absolute Gasteiger partial charge is 0.408 e. The fraction of sp³-hybridized carbons (Fsp3) is 0.500. The van der Waals surface area contributed by atoms with Crippen LogP contribution < -0.4 is 20.4 Å². The van der Waals surface area contributed by atoms with E-state index in [2.05, 4.69) is 15.5 Å². The van der Waals surface area contributed by atoms with Gasteiger partial charge in [0.1, 0.15) is 23.5 Å². The van der Waals surface area contributed by atoms with E-state index in [1.165, 1.54) is 6.07 Å². The summed E-state index contributed by atoms with van der Waals surface area (Å²) in [6.45, 7) is 10.1. The van der Waals surface area contributed by atoms with Crippen molar-refractivity contribution in [1.29, 1.82) is 0 Å². The van der Waals surface area contributed by atoms with Crippen molar-refractivity contribution < 1.29 is 23.5 Å². The van der Waals surface area contributed by atoms with Crippen molar-refractivity contribution in [3.05, 3.63) is 59.9 Å². The lowest BCUT2D eigenvalue weighted by Gasteiger charge is -2.30. The highest BCUT2D eigenvalue weighted by Crippen LogP contribution is 2.38. The van der Waals surface area contributed by atoms with Crippen molar-refractivity contribution >= 4 is 29.3 Å². The number of ether oxygens (including phenoxy) is 1. The molecule has 1 aliphatic carbocycles. The standard InChI is InChI=1S/C30H39FN4O4/c1-19(2)35-26-13-9-8-12-25(26)34(17-20-14-15-20)18-24(28(35)37)32-27(36)23(33-29(38)39-30(3,4)5)16-21-10-6-7-11-22(21)31/h6-13,19-20,23-24H,14-18H2,1-5H3,(H,32,36)(H,33,38)/t23-,24-/m1/s1. The minimum absolute atomic E-state index is 0.0986. The summed E-state index contributed by atoms with van der Waals surface area (Å²) in [6.07, 6.45) is 1.39. The summed E-state index contributed by atoms with van der Waals surface area (Å²) >= 11 is 0. The number of anilines is 2. The number of hydrogen-bond acceptors (Lipinski definition) is 5. The number of carbonyl (C=O) groups excluding carboxylic acids is 3. The van der Waals surface area contributed by atoms with E-state index in [1.807, 2.05) is 38.1 Å². The summed E-state index contributed by atoms with van der Waals surface area (Å²) in [7, 11) is 0. The van der Waals surface area contributed by atoms with Crippen LogP contribution in [-0.2, 0) is 20.7 Å². The van der Waals surface area contributed by atoms with Gasteiger partial charge >= 0.3 is 6.09 Å². The maximum atomic E-state index is 14.5. The third-order valence-electron chi connectivity index (χ3n) is 6.82. The Morgan fingerprint density at radius 1 is 1.05 bits per heavy atom. The molecule has 0 radical (unpaired) electrons. The zero-order chi connectivity index (χ0) is 28.3. The van der Waals surface area contributed by atoms with Crippen LogP contribution in [0.5, 0.6) is 0 Å². The van der Waals surface area contributed by atoms with Gasteiger partial charge in [0.05, 0.1) is 11.4 Å². The molecule has 0 unspecified atom stereocenters. The van der Waals surface area contributed by atoms with E-state index in [-0.39, 0.29) is 23.9 Å². The highest BCUT2D eigenvalue weighted by Gasteiger charge is 2.38. The number of amides is 3. The zero-order valence-electron chi connectivity index (χ0n) is 23.4. The molecule has 8 nitrogen and oxygen atoms in total. The van der Waals surface area contributed by atoms with Crippen LogP contribution in [0, 0.1) is 11.7 Å². The lowest BCUT2D eigenvalue weighted by molar-refractivity contribution is -0.128. The van der Waals surface area contributed by atoms with E-state index < -0.39 is 35.5 Å². The van der Waals surface area contributed by atoms with Crippen LogP contribution in [0.2, 0.25) is 0 Å². The number of nitrogens with zero attached hydrogens (tertiary/aromatic N) is 2. The molecule has 3 amide bonds. The van der Waals surface area contributed by atoms with Gasteiger partial charge in [-0.2, -0.15) is 0 Å². The summed E-state index contributed by atoms with van der Waals surface area (Å²) < 4.78 is 19.9. The van der Waals surface area contributed by atoms with Crippen molar-refractivity contribution in [2.75, 3.05) is 22.9 Å². The number of alkyl carbamates (subject to hydrolysis) is 1. The van der Waals surface area contributed by atoms with Gasteiger partial charge in [-0.25, -0.2) is 9.18 Å².